The van der Waals surface area contributed by atoms with Crippen molar-refractivity contribution < 1.29 is 44.3 Å². The van der Waals surface area contributed by atoms with Crippen LogP contribution in [0.4, 0.5) is 0 Å². The summed E-state index contributed by atoms with van der Waals surface area (Å²) in [7, 11) is -5.22. The maximum Gasteiger partial charge on any atom is 0.334 e. The lowest BCUT2D eigenvalue weighted by molar-refractivity contribution is -0.165. The van der Waals surface area contributed by atoms with Gasteiger partial charge in [-0.3, -0.25) is 0 Å². The molecule has 0 fully saturated rings. The first kappa shape index (κ1) is 49.7. The van der Waals surface area contributed by atoms with Gasteiger partial charge in [-0.15, -0.1) is 0 Å². The highest BCUT2D eigenvalue weighted by Gasteiger charge is 2.53. The molecule has 1 unspecified atom stereocenters. The molecule has 0 aliphatic heterocycles. The molecule has 0 radical (unpaired) electrons. The van der Waals surface area contributed by atoms with Crippen molar-refractivity contribution >= 4 is 17.2 Å². The van der Waals surface area contributed by atoms with Crippen LogP contribution in [0.3, 0.4) is 0 Å². The van der Waals surface area contributed by atoms with Gasteiger partial charge in [0.25, 0.3) is 0 Å². The van der Waals surface area contributed by atoms with Crippen LogP contribution in [0.5, 0.6) is 0 Å². The van der Waals surface area contributed by atoms with E-state index in [4.69, 9.17) is 19.6 Å². The summed E-state index contributed by atoms with van der Waals surface area (Å²) in [4.78, 5) is 31.3. The van der Waals surface area contributed by atoms with Crippen LogP contribution in [0.15, 0.2) is 12.1 Å². The molecule has 0 aromatic heterocycles. The number of hydrogen-bond acceptors (Lipinski definition) is 9. The zero-order chi connectivity index (χ0) is 38.4. The molecule has 0 saturated heterocycles. The highest BCUT2D eigenvalue weighted by atomic mass is 31.2. The molecule has 1 atom stereocenters. The van der Waals surface area contributed by atoms with Gasteiger partial charge in [-0.05, 0) is 45.9 Å². The summed E-state index contributed by atoms with van der Waals surface area (Å²) in [5.41, 5.74) is 0.527. The van der Waals surface area contributed by atoms with Crippen LogP contribution >= 0.6 is 17.2 Å². The van der Waals surface area contributed by atoms with Gasteiger partial charge in [-0.25, -0.2) is 4.31 Å². The average molecular weight is 751 g/mol. The van der Waals surface area contributed by atoms with Crippen molar-refractivity contribution in [3.05, 3.63) is 34.4 Å². The van der Waals surface area contributed by atoms with E-state index in [1.807, 2.05) is 0 Å². The van der Waals surface area contributed by atoms with E-state index in [-0.39, 0.29) is 10.8 Å². The smallest absolute Gasteiger partial charge is 0.334 e. The molecule has 8 N–H and O–H groups in total. The molecular formula is C39H76O9P2. The van der Waals surface area contributed by atoms with E-state index < -0.39 is 48.0 Å². The minimum atomic E-state index is -2.61. The lowest BCUT2D eigenvalue weighted by atomic mass is 9.60. The summed E-state index contributed by atoms with van der Waals surface area (Å²) < 4.78 is 3.60. The molecule has 9 nitrogen and oxygen atoms in total. The fourth-order valence-corrected chi connectivity index (χ4v) is 7.25. The monoisotopic (exact) mass is 750 g/mol. The van der Waals surface area contributed by atoms with E-state index in [0.717, 1.165) is 42.4 Å². The number of benzene rings is 1. The van der Waals surface area contributed by atoms with E-state index in [9.17, 15) is 20.4 Å². The van der Waals surface area contributed by atoms with Crippen LogP contribution < -0.4 is 0 Å². The maximum absolute atomic E-state index is 12.8. The first-order valence-corrected chi connectivity index (χ1v) is 21.5. The summed E-state index contributed by atoms with van der Waals surface area (Å²) in [6.07, 6.45) is 21.7. The number of aryl methyl sites for hydroxylation is 1. The Bertz CT molecular complexity index is 955. The van der Waals surface area contributed by atoms with Gasteiger partial charge in [0.15, 0.2) is 0 Å². The van der Waals surface area contributed by atoms with E-state index in [0.29, 0.717) is 6.42 Å². The molecule has 0 bridgehead atoms. The molecule has 1 aromatic carbocycles. The molecule has 0 saturated carbocycles. The molecule has 11 heteroatoms. The molecule has 296 valence electrons. The third-order valence-corrected chi connectivity index (χ3v) is 11.1. The van der Waals surface area contributed by atoms with Crippen molar-refractivity contribution in [3.63, 3.8) is 0 Å². The van der Waals surface area contributed by atoms with E-state index in [1.165, 1.54) is 89.0 Å². The predicted molar refractivity (Wildman–Crippen MR) is 209 cm³/mol. The molecule has 50 heavy (non-hydrogen) atoms. The molecule has 1 rings (SSSR count). The van der Waals surface area contributed by atoms with Crippen LogP contribution in [0.1, 0.15) is 187 Å². The Balaban J connectivity index is 0.00000308. The van der Waals surface area contributed by atoms with Gasteiger partial charge in [0.05, 0.1) is 25.2 Å². The number of hydrogen-bond donors (Lipinski definition) is 8. The lowest BCUT2D eigenvalue weighted by Gasteiger charge is -2.49. The summed E-state index contributed by atoms with van der Waals surface area (Å²) in [6, 6.07) is 4.39. The fourth-order valence-electron chi connectivity index (χ4n) is 6.73. The second kappa shape index (κ2) is 25.7. The van der Waals surface area contributed by atoms with Crippen LogP contribution in [0.2, 0.25) is 0 Å². The van der Waals surface area contributed by atoms with E-state index in [1.54, 1.807) is 0 Å². The van der Waals surface area contributed by atoms with Crippen molar-refractivity contribution in [2.75, 3.05) is 19.8 Å². The van der Waals surface area contributed by atoms with Crippen LogP contribution in [-0.4, -0.2) is 59.8 Å². The normalized spacial score (nSPS) is 13.9. The van der Waals surface area contributed by atoms with Crippen molar-refractivity contribution in [2.24, 2.45) is 5.41 Å². The van der Waals surface area contributed by atoms with E-state index >= 15 is 0 Å². The van der Waals surface area contributed by atoms with Crippen molar-refractivity contribution in [2.45, 2.75) is 187 Å². The number of aliphatic hydroxyl groups is 4. The molecule has 0 aliphatic carbocycles. The molecule has 1 aromatic rings. The van der Waals surface area contributed by atoms with E-state index in [2.05, 4.69) is 71.8 Å². The molecule has 0 aliphatic rings. The van der Waals surface area contributed by atoms with Crippen LogP contribution in [0, 0.1) is 5.41 Å². The third kappa shape index (κ3) is 17.7. The number of unbranched alkanes of at least 4 members (excludes halogenated alkanes) is 15. The van der Waals surface area contributed by atoms with Crippen LogP contribution in [-0.2, 0) is 27.2 Å². The Morgan fingerprint density at radius 1 is 0.540 bits per heavy atom. The van der Waals surface area contributed by atoms with Gasteiger partial charge in [0, 0.05) is 0 Å². The summed E-state index contributed by atoms with van der Waals surface area (Å²) in [6.45, 7) is 15.9. The van der Waals surface area contributed by atoms with Gasteiger partial charge in [-0.2, -0.15) is 0 Å². The molecular weight excluding hydrogens is 674 g/mol. The van der Waals surface area contributed by atoms with Gasteiger partial charge in [0.2, 0.25) is 0 Å². The fraction of sp³-hybridized carbons (Fsp3) is 0.846. The Hall–Kier alpha value is -0.280. The lowest BCUT2D eigenvalue weighted by Crippen LogP contribution is -2.55. The van der Waals surface area contributed by atoms with Gasteiger partial charge >= 0.3 is 17.2 Å². The summed E-state index contributed by atoms with van der Waals surface area (Å²) >= 11 is 0. The van der Waals surface area contributed by atoms with Crippen molar-refractivity contribution in [3.8, 4) is 0 Å². The topological polar surface area (TPSA) is 171 Å². The summed E-state index contributed by atoms with van der Waals surface area (Å²) in [5.74, 6) is 0. The zero-order valence-electron chi connectivity index (χ0n) is 32.9. The molecule has 0 heterocycles. The van der Waals surface area contributed by atoms with Gasteiger partial charge in [0.1, 0.15) is 5.60 Å². The SMILES string of the molecule is CCCCCCCCCCCCCCCCCCC(O)(c1c(C(C)(C)C)cc(CC)cc1C(C)(C)C)C(CO)(CO)CO.OP(O)OP(O)O. The highest BCUT2D eigenvalue weighted by Crippen LogP contribution is 2.50. The number of aliphatic hydroxyl groups excluding tert-OH is 3. The first-order valence-electron chi connectivity index (χ1n) is 19.2. The maximum atomic E-state index is 12.8. The Morgan fingerprint density at radius 2 is 0.860 bits per heavy atom. The Labute approximate surface area is 307 Å². The second-order valence-corrected chi connectivity index (χ2v) is 17.8. The van der Waals surface area contributed by atoms with Gasteiger partial charge < -0.3 is 40.0 Å². The largest absolute Gasteiger partial charge is 0.395 e. The third-order valence-electron chi connectivity index (χ3n) is 9.96. The standard InChI is InChI=1S/C39H72O4.H4O5P2/c1-9-11-12-13-14-15-16-17-18-19-20-21-22-23-24-25-26-39(43,38(29-40,30-41)31-42)35-33(36(3,4)5)27-32(10-2)28-34(35)37(6,7)8;1-6(2)5-7(3)4/h27-28,40-43H,9-26,29-31H2,1-8H3;1-4H. The Morgan fingerprint density at radius 3 is 1.10 bits per heavy atom. The average Bonchev–Trinajstić information content (AvgIpc) is 3.03. The minimum absolute atomic E-state index is 0.269. The Kier molecular flexibility index (Phi) is 25.5. The molecule has 0 spiro atoms. The highest BCUT2D eigenvalue weighted by molar-refractivity contribution is 7.53. The minimum Gasteiger partial charge on any atom is -0.395 e. The van der Waals surface area contributed by atoms with Crippen molar-refractivity contribution in [1.29, 1.82) is 0 Å². The number of rotatable bonds is 25. The first-order chi connectivity index (χ1) is 23.4. The predicted octanol–water partition coefficient (Wildman–Crippen LogP) is 9.07. The molecule has 0 amide bonds. The second-order valence-electron chi connectivity index (χ2n) is 16.2. The van der Waals surface area contributed by atoms with Gasteiger partial charge in [-0.1, -0.05) is 170 Å². The quantitative estimate of drug-likeness (QED) is 0.0359. The summed E-state index contributed by atoms with van der Waals surface area (Å²) in [5, 5.41) is 44.6. The zero-order valence-corrected chi connectivity index (χ0v) is 34.7. The van der Waals surface area contributed by atoms with Crippen LogP contribution in [0.25, 0.3) is 0 Å². The van der Waals surface area contributed by atoms with Crippen molar-refractivity contribution in [1.82, 2.24) is 0 Å².